The van der Waals surface area contributed by atoms with Crippen LogP contribution in [0, 0.1) is 0 Å². The number of methoxy groups -OCH3 is 10. The van der Waals surface area contributed by atoms with Crippen LogP contribution in [0.3, 0.4) is 0 Å². The maximum absolute atomic E-state index is 13.5. The molecule has 3 aromatic heterocycles. The van der Waals surface area contributed by atoms with E-state index in [1.54, 1.807) is 199 Å². The Morgan fingerprint density at radius 2 is 0.569 bits per heavy atom. The lowest BCUT2D eigenvalue weighted by Crippen LogP contribution is -2.45. The molecule has 0 radical (unpaired) electrons. The predicted molar refractivity (Wildman–Crippen MR) is 543 cm³/mol. The monoisotopic (exact) mass is 2060 g/mol. The molecule has 5 amide bonds. The zero-order chi connectivity index (χ0) is 104. The number of ether oxygens (including phenoxy) is 10. The quantitative estimate of drug-likeness (QED) is 0.0279. The summed E-state index contributed by atoms with van der Waals surface area (Å²) in [5.41, 5.74) is 1.46. The SMILES string of the molecule is CNC(=O)CN(c1cc(OC)ccc1OC)S(=O)(=O)c1ccccc1.COc1ccc(OC)c(N(CC(=O)N2CCCCC2)S(=O)(=O)c2ccccc2)c1.COc1ccc(OC)c(N(CC(=O)Nc2ccccn2)S(=O)(=O)c2ccccc2)c1.COc1ccc(OC)c(N(CC(=O)Nc2cccnc2)S(=O)(=O)c2ccccc2)c1.COc1ccc(OC)c(N(CC(=O)Nc2cnccn2)S(=O)(=O)c2ccccc2)c1. The second kappa shape index (κ2) is 52.8. The molecule has 14 rings (SSSR count). The number of anilines is 8. The Bertz CT molecular complexity index is 6620. The van der Waals surface area contributed by atoms with Crippen molar-refractivity contribution in [3.8, 4) is 57.5 Å². The number of sulfonamides is 5. The number of aromatic nitrogens is 4. The van der Waals surface area contributed by atoms with Gasteiger partial charge in [-0.15, -0.1) is 0 Å². The van der Waals surface area contributed by atoms with Crippen LogP contribution in [-0.4, -0.2) is 220 Å². The zero-order valence-electron chi connectivity index (χ0n) is 80.2. The number of hydrogen-bond acceptors (Lipinski definition) is 29. The Morgan fingerprint density at radius 3 is 0.840 bits per heavy atom. The Balaban J connectivity index is 0.000000185. The average molecular weight is 2070 g/mol. The van der Waals surface area contributed by atoms with Crippen LogP contribution < -0.4 is 90.2 Å². The third-order valence-corrected chi connectivity index (χ3v) is 29.9. The summed E-state index contributed by atoms with van der Waals surface area (Å²) >= 11 is 0. The number of nitrogens with zero attached hydrogens (tertiary/aromatic N) is 10. The van der Waals surface area contributed by atoms with E-state index < -0.39 is 99.9 Å². The zero-order valence-corrected chi connectivity index (χ0v) is 84.3. The van der Waals surface area contributed by atoms with Gasteiger partial charge in [0.2, 0.25) is 29.5 Å². The minimum absolute atomic E-state index is 0.0298. The third-order valence-electron chi connectivity index (χ3n) is 21.1. The number of benzene rings is 10. The van der Waals surface area contributed by atoms with Crippen LogP contribution in [0.1, 0.15) is 19.3 Å². The first-order chi connectivity index (χ1) is 69.3. The highest BCUT2D eigenvalue weighted by Crippen LogP contribution is 2.42. The van der Waals surface area contributed by atoms with E-state index in [0.717, 1.165) is 40.8 Å². The van der Waals surface area contributed by atoms with Gasteiger partial charge in [0.15, 0.2) is 5.82 Å². The number of hydrogen-bond donors (Lipinski definition) is 4. The van der Waals surface area contributed by atoms with Gasteiger partial charge >= 0.3 is 0 Å². The number of pyridine rings is 2. The first-order valence-electron chi connectivity index (χ1n) is 43.7. The number of rotatable bonds is 38. The van der Waals surface area contributed by atoms with Gasteiger partial charge in [0, 0.05) is 75.3 Å². The van der Waals surface area contributed by atoms with Crippen LogP contribution >= 0.6 is 0 Å². The number of carbonyl (C=O) groups is 5. The molecule has 0 spiro atoms. The fourth-order valence-electron chi connectivity index (χ4n) is 13.8. The lowest BCUT2D eigenvalue weighted by atomic mass is 10.1. The summed E-state index contributed by atoms with van der Waals surface area (Å²) in [4.78, 5) is 80.8. The molecule has 1 fully saturated rings. The van der Waals surface area contributed by atoms with Crippen LogP contribution in [0.5, 0.6) is 57.5 Å². The second-order valence-electron chi connectivity index (χ2n) is 30.1. The van der Waals surface area contributed by atoms with E-state index in [1.165, 1.54) is 194 Å². The molecule has 0 unspecified atom stereocenters. The van der Waals surface area contributed by atoms with Crippen molar-refractivity contribution in [2.75, 3.05) is 161 Å². The van der Waals surface area contributed by atoms with Gasteiger partial charge in [0.05, 0.1) is 142 Å². The van der Waals surface area contributed by atoms with Crippen molar-refractivity contribution in [1.82, 2.24) is 30.2 Å². The average Bonchev–Trinajstić information content (AvgIpc) is 0.759. The molecule has 13 aromatic rings. The first kappa shape index (κ1) is 110. The predicted octanol–water partition coefficient (Wildman–Crippen LogP) is 12.8. The number of piperidine rings is 1. The molecule has 0 bridgehead atoms. The maximum atomic E-state index is 13.5. The van der Waals surface area contributed by atoms with Gasteiger partial charge in [0.25, 0.3) is 50.1 Å². The minimum atomic E-state index is -4.10. The Labute approximate surface area is 836 Å². The second-order valence-corrected chi connectivity index (χ2v) is 39.4. The van der Waals surface area contributed by atoms with E-state index in [1.807, 2.05) is 0 Å². The molecule has 44 heteroatoms. The van der Waals surface area contributed by atoms with Gasteiger partial charge in [-0.05, 0) is 165 Å². The summed E-state index contributed by atoms with van der Waals surface area (Å²) in [6, 6.07) is 71.7. The fraction of sp³-hybridized carbons (Fsp3) is 0.210. The van der Waals surface area contributed by atoms with E-state index in [2.05, 4.69) is 41.2 Å². The van der Waals surface area contributed by atoms with Gasteiger partial charge in [-0.2, -0.15) is 0 Å². The van der Waals surface area contributed by atoms with Crippen LogP contribution in [0.25, 0.3) is 0 Å². The van der Waals surface area contributed by atoms with Crippen molar-refractivity contribution in [2.24, 2.45) is 0 Å². The van der Waals surface area contributed by atoms with E-state index in [-0.39, 0.29) is 88.4 Å². The smallest absolute Gasteiger partial charge is 0.264 e. The van der Waals surface area contributed by atoms with Gasteiger partial charge in [-0.3, -0.25) is 55.5 Å². The van der Waals surface area contributed by atoms with E-state index >= 15 is 0 Å². The number of likely N-dealkylation sites (tertiary alicyclic amines) is 1. The summed E-state index contributed by atoms with van der Waals surface area (Å²) in [6.45, 7) is -0.886. The van der Waals surface area contributed by atoms with Crippen molar-refractivity contribution in [2.45, 2.75) is 43.7 Å². The highest BCUT2D eigenvalue weighted by Gasteiger charge is 2.37. The molecule has 1 saturated heterocycles. The van der Waals surface area contributed by atoms with E-state index in [4.69, 9.17) is 47.4 Å². The van der Waals surface area contributed by atoms with Crippen LogP contribution in [-0.2, 0) is 74.1 Å². The van der Waals surface area contributed by atoms with Gasteiger partial charge < -0.3 is 73.5 Å². The molecule has 0 aliphatic carbocycles. The molecule has 144 heavy (non-hydrogen) atoms. The van der Waals surface area contributed by atoms with Gasteiger partial charge in [0.1, 0.15) is 96.0 Å². The molecule has 1 aliphatic rings. The Hall–Kier alpha value is -16.3. The number of nitrogens with one attached hydrogen (secondary N) is 4. The van der Waals surface area contributed by atoms with Crippen molar-refractivity contribution >= 4 is 125 Å². The van der Waals surface area contributed by atoms with Crippen molar-refractivity contribution in [1.29, 1.82) is 0 Å². The number of amides is 5. The highest BCUT2D eigenvalue weighted by atomic mass is 32.2. The van der Waals surface area contributed by atoms with Crippen LogP contribution in [0.15, 0.2) is 335 Å². The molecular formula is C100H108N14O25S5. The molecule has 0 saturated carbocycles. The fourth-order valence-corrected chi connectivity index (χ4v) is 21.0. The summed E-state index contributed by atoms with van der Waals surface area (Å²) in [5.74, 6) is 1.80. The topological polar surface area (TPSA) is 467 Å². The summed E-state index contributed by atoms with van der Waals surface area (Å²) < 4.78 is 192. The van der Waals surface area contributed by atoms with Gasteiger partial charge in [-0.1, -0.05) is 97.1 Å². The number of likely N-dealkylation sites (N-methyl/N-ethyl adjacent to an activating group) is 1. The Kier molecular flexibility index (Phi) is 40.2. The van der Waals surface area contributed by atoms with E-state index in [0.29, 0.717) is 64.8 Å². The maximum Gasteiger partial charge on any atom is 0.264 e. The van der Waals surface area contributed by atoms with Gasteiger partial charge in [-0.25, -0.2) is 52.1 Å². The Morgan fingerprint density at radius 1 is 0.285 bits per heavy atom. The molecule has 39 nitrogen and oxygen atoms in total. The molecule has 1 aliphatic heterocycles. The third kappa shape index (κ3) is 29.2. The molecule has 0 atom stereocenters. The first-order valence-corrected chi connectivity index (χ1v) is 50.9. The normalized spacial score (nSPS) is 11.6. The van der Waals surface area contributed by atoms with Crippen LogP contribution in [0.2, 0.25) is 0 Å². The van der Waals surface area contributed by atoms with Crippen molar-refractivity contribution < 1.29 is 113 Å². The molecule has 4 N–H and O–H groups in total. The highest BCUT2D eigenvalue weighted by molar-refractivity contribution is 7.94. The molecule has 4 heterocycles. The van der Waals surface area contributed by atoms with Crippen molar-refractivity contribution in [3.05, 3.63) is 310 Å². The standard InChI is InChI=1S/2C21H21N3O5S.C21H26N2O5S.C20H20N4O5S.C17H20N2O5S/c1-28-17-10-11-20(29-2)19(13-17)24(30(26,27)18-8-4-3-5-9-18)15-21(25)23-16-7-6-12-22-14-16;1-28-16-11-12-19(29-2)18(14-16)24(30(26,27)17-8-4-3-5-9-17)15-21(25)23-20-10-6-7-13-22-20;1-27-17-11-12-20(28-2)19(15-17)23(16-21(24)22-13-7-4-8-14-22)29(25,26)18-9-5-3-6-10-18;1-28-15-8-9-18(29-2)17(12-15)24(30(26,27)16-6-4-3-5-7-16)14-20(25)23-19-13-21-10-11-22-19;1-18-17(20)12-19(25(21,22)14-7-5-4-6-8-14)15-11-13(23-2)9-10-16(15)24-3/h3-14H,15H2,1-2H3,(H,23,25);3-14H,15H2,1-2H3,(H,22,23,25);3,5-6,9-12,15H,4,7-8,13-14,16H2,1-2H3;3-13H,14H2,1-2H3,(H,22,23,25);4-11H,12H2,1-3H3,(H,18,20). The van der Waals surface area contributed by atoms with Crippen molar-refractivity contribution in [3.63, 3.8) is 0 Å². The molecule has 758 valence electrons. The lowest BCUT2D eigenvalue weighted by Gasteiger charge is -2.31. The molecule has 10 aromatic carbocycles. The molecular weight excluding hydrogens is 1960 g/mol. The minimum Gasteiger partial charge on any atom is -0.497 e. The largest absolute Gasteiger partial charge is 0.497 e. The van der Waals surface area contributed by atoms with E-state index in [9.17, 15) is 66.1 Å². The number of carbonyl (C=O) groups excluding carboxylic acids is 5. The summed E-state index contributed by atoms with van der Waals surface area (Å²) in [6.07, 6.45) is 11.8. The lowest BCUT2D eigenvalue weighted by molar-refractivity contribution is -0.130. The summed E-state index contributed by atoms with van der Waals surface area (Å²) in [5, 5.41) is 10.2. The summed E-state index contributed by atoms with van der Waals surface area (Å²) in [7, 11) is -4.26. The van der Waals surface area contributed by atoms with Crippen LogP contribution in [0.4, 0.5) is 45.8 Å².